The van der Waals surface area contributed by atoms with E-state index in [1.807, 2.05) is 0 Å². The van der Waals surface area contributed by atoms with Gasteiger partial charge in [-0.05, 0) is 13.3 Å². The van der Waals surface area contributed by atoms with Crippen molar-refractivity contribution in [3.63, 3.8) is 0 Å². The molecule has 0 bridgehead atoms. The van der Waals surface area contributed by atoms with Gasteiger partial charge < -0.3 is 14.6 Å². The van der Waals surface area contributed by atoms with Crippen LogP contribution in [0.5, 0.6) is 0 Å². The number of hydrogen-bond donors (Lipinski definition) is 1. The quantitative estimate of drug-likeness (QED) is 0.287. The summed E-state index contributed by atoms with van der Waals surface area (Å²) in [6.45, 7) is 4.13. The first-order valence-corrected chi connectivity index (χ1v) is 9.61. The first-order chi connectivity index (χ1) is 11.6. The van der Waals surface area contributed by atoms with Crippen LogP contribution in [0, 0.1) is 0 Å². The number of rotatable bonds is 16. The van der Waals surface area contributed by atoms with Gasteiger partial charge in [0.25, 0.3) is 0 Å². The molecule has 0 aromatic rings. The Labute approximate surface area is 147 Å². The molecule has 0 aromatic heterocycles. The average molecular weight is 344 g/mol. The standard InChI is InChI=1S/C19H36O5/c1-3-4-5-6-7-8-9-10-11-12-13-14-15-23-19(22)24-17(2)16-18(20)21/h17H,3-16H2,1-2H3,(H,20,21)/t17-/m0/s1. The zero-order chi connectivity index (χ0) is 18.0. The highest BCUT2D eigenvalue weighted by Crippen LogP contribution is 2.12. The molecule has 142 valence electrons. The smallest absolute Gasteiger partial charge is 0.481 e. The second kappa shape index (κ2) is 16.6. The van der Waals surface area contributed by atoms with Crippen molar-refractivity contribution in [2.24, 2.45) is 0 Å². The number of unbranched alkanes of at least 4 members (excludes halogenated alkanes) is 11. The van der Waals surface area contributed by atoms with Gasteiger partial charge in [-0.25, -0.2) is 4.79 Å². The van der Waals surface area contributed by atoms with Crippen molar-refractivity contribution in [3.05, 3.63) is 0 Å². The maximum Gasteiger partial charge on any atom is 0.508 e. The van der Waals surface area contributed by atoms with Crippen LogP contribution in [-0.4, -0.2) is 29.9 Å². The monoisotopic (exact) mass is 344 g/mol. The summed E-state index contributed by atoms with van der Waals surface area (Å²) in [6, 6.07) is 0. The summed E-state index contributed by atoms with van der Waals surface area (Å²) in [6.07, 6.45) is 13.5. The van der Waals surface area contributed by atoms with Crippen LogP contribution in [-0.2, 0) is 14.3 Å². The van der Waals surface area contributed by atoms with Gasteiger partial charge in [0, 0.05) is 0 Å². The number of carbonyl (C=O) groups is 2. The highest BCUT2D eigenvalue weighted by molar-refractivity contribution is 5.68. The molecule has 0 saturated carbocycles. The maximum atomic E-state index is 11.3. The molecule has 0 unspecified atom stereocenters. The Hall–Kier alpha value is -1.26. The van der Waals surface area contributed by atoms with Crippen molar-refractivity contribution in [3.8, 4) is 0 Å². The Kier molecular flexibility index (Phi) is 15.7. The third kappa shape index (κ3) is 17.1. The van der Waals surface area contributed by atoms with Crippen LogP contribution >= 0.6 is 0 Å². The molecule has 0 aliphatic heterocycles. The summed E-state index contributed by atoms with van der Waals surface area (Å²) >= 11 is 0. The summed E-state index contributed by atoms with van der Waals surface area (Å²) in [5, 5.41) is 8.56. The average Bonchev–Trinajstić information content (AvgIpc) is 2.51. The van der Waals surface area contributed by atoms with Gasteiger partial charge in [-0.3, -0.25) is 4.79 Å². The molecule has 1 atom stereocenters. The summed E-state index contributed by atoms with van der Waals surface area (Å²) in [5.41, 5.74) is 0. The third-order valence-corrected chi connectivity index (χ3v) is 3.98. The van der Waals surface area contributed by atoms with Crippen LogP contribution in [0.25, 0.3) is 0 Å². The maximum absolute atomic E-state index is 11.3. The molecule has 0 heterocycles. The van der Waals surface area contributed by atoms with E-state index in [9.17, 15) is 9.59 Å². The fraction of sp³-hybridized carbons (Fsp3) is 0.895. The lowest BCUT2D eigenvalue weighted by Gasteiger charge is -2.10. The second-order valence-electron chi connectivity index (χ2n) is 6.51. The van der Waals surface area contributed by atoms with Gasteiger partial charge in [-0.15, -0.1) is 0 Å². The highest BCUT2D eigenvalue weighted by Gasteiger charge is 2.13. The number of carboxylic acid groups (broad SMARTS) is 1. The molecule has 0 aliphatic rings. The first-order valence-electron chi connectivity index (χ1n) is 9.61. The Balaban J connectivity index is 3.24. The van der Waals surface area contributed by atoms with E-state index < -0.39 is 18.2 Å². The van der Waals surface area contributed by atoms with Gasteiger partial charge in [0.05, 0.1) is 13.0 Å². The van der Waals surface area contributed by atoms with E-state index in [1.54, 1.807) is 6.92 Å². The second-order valence-corrected chi connectivity index (χ2v) is 6.51. The predicted molar refractivity (Wildman–Crippen MR) is 95.2 cm³/mol. The molecule has 5 nitrogen and oxygen atoms in total. The van der Waals surface area contributed by atoms with E-state index in [2.05, 4.69) is 6.92 Å². The van der Waals surface area contributed by atoms with Gasteiger partial charge in [0.15, 0.2) is 0 Å². The summed E-state index contributed by atoms with van der Waals surface area (Å²) < 4.78 is 9.76. The SMILES string of the molecule is CCCCCCCCCCCCCCOC(=O)O[C@@H](C)CC(=O)O. The van der Waals surface area contributed by atoms with Crippen LogP contribution < -0.4 is 0 Å². The van der Waals surface area contributed by atoms with Crippen molar-refractivity contribution in [2.45, 2.75) is 103 Å². The summed E-state index contributed by atoms with van der Waals surface area (Å²) in [7, 11) is 0. The van der Waals surface area contributed by atoms with Crippen LogP contribution in [0.1, 0.15) is 97.3 Å². The Morgan fingerprint density at radius 2 is 1.29 bits per heavy atom. The Morgan fingerprint density at radius 1 is 0.833 bits per heavy atom. The van der Waals surface area contributed by atoms with E-state index in [-0.39, 0.29) is 6.42 Å². The molecule has 0 fully saturated rings. The van der Waals surface area contributed by atoms with E-state index >= 15 is 0 Å². The van der Waals surface area contributed by atoms with Crippen molar-refractivity contribution in [1.29, 1.82) is 0 Å². The van der Waals surface area contributed by atoms with Crippen LogP contribution in [0.4, 0.5) is 4.79 Å². The van der Waals surface area contributed by atoms with E-state index in [0.29, 0.717) is 6.61 Å². The number of ether oxygens (including phenoxy) is 2. The number of carbonyl (C=O) groups excluding carboxylic acids is 1. The lowest BCUT2D eigenvalue weighted by molar-refractivity contribution is -0.139. The largest absolute Gasteiger partial charge is 0.508 e. The normalized spacial score (nSPS) is 11.9. The molecular weight excluding hydrogens is 308 g/mol. The Morgan fingerprint density at radius 3 is 1.75 bits per heavy atom. The minimum Gasteiger partial charge on any atom is -0.481 e. The molecule has 0 amide bonds. The molecule has 0 aliphatic carbocycles. The molecule has 0 saturated heterocycles. The fourth-order valence-electron chi connectivity index (χ4n) is 2.58. The molecule has 0 spiro atoms. The predicted octanol–water partition coefficient (Wildman–Crippen LogP) is 5.70. The third-order valence-electron chi connectivity index (χ3n) is 3.98. The minimum absolute atomic E-state index is 0.201. The van der Waals surface area contributed by atoms with Crippen molar-refractivity contribution in [2.75, 3.05) is 6.61 Å². The Bertz CT molecular complexity index is 317. The molecule has 24 heavy (non-hydrogen) atoms. The van der Waals surface area contributed by atoms with Crippen molar-refractivity contribution in [1.82, 2.24) is 0 Å². The van der Waals surface area contributed by atoms with Crippen molar-refractivity contribution >= 4 is 12.1 Å². The van der Waals surface area contributed by atoms with E-state index in [0.717, 1.165) is 12.8 Å². The molecule has 0 aromatic carbocycles. The molecule has 1 N–H and O–H groups in total. The molecule has 0 radical (unpaired) electrons. The van der Waals surface area contributed by atoms with Crippen molar-refractivity contribution < 1.29 is 24.2 Å². The summed E-state index contributed by atoms with van der Waals surface area (Å²) in [5.74, 6) is -0.990. The molecule has 0 rings (SSSR count). The zero-order valence-electron chi connectivity index (χ0n) is 15.6. The van der Waals surface area contributed by atoms with Crippen LogP contribution in [0.3, 0.4) is 0 Å². The fourth-order valence-corrected chi connectivity index (χ4v) is 2.58. The number of aliphatic carboxylic acids is 1. The first kappa shape index (κ1) is 22.7. The molecule has 5 heteroatoms. The zero-order valence-corrected chi connectivity index (χ0v) is 15.6. The topological polar surface area (TPSA) is 72.8 Å². The lowest BCUT2D eigenvalue weighted by Crippen LogP contribution is -2.19. The highest BCUT2D eigenvalue weighted by atomic mass is 16.7. The molecular formula is C19H36O5. The van der Waals surface area contributed by atoms with Crippen LogP contribution in [0.2, 0.25) is 0 Å². The summed E-state index contributed by atoms with van der Waals surface area (Å²) in [4.78, 5) is 21.7. The van der Waals surface area contributed by atoms with Gasteiger partial charge in [0.2, 0.25) is 0 Å². The minimum atomic E-state index is -0.990. The van der Waals surface area contributed by atoms with Gasteiger partial charge in [0.1, 0.15) is 6.10 Å². The number of hydrogen-bond acceptors (Lipinski definition) is 4. The van der Waals surface area contributed by atoms with E-state index in [4.69, 9.17) is 14.6 Å². The van der Waals surface area contributed by atoms with Gasteiger partial charge in [-0.1, -0.05) is 77.6 Å². The van der Waals surface area contributed by atoms with Gasteiger partial charge in [-0.2, -0.15) is 0 Å². The van der Waals surface area contributed by atoms with Crippen LogP contribution in [0.15, 0.2) is 0 Å². The lowest BCUT2D eigenvalue weighted by atomic mass is 10.1. The number of carboxylic acids is 1. The van der Waals surface area contributed by atoms with Gasteiger partial charge >= 0.3 is 12.1 Å². The van der Waals surface area contributed by atoms with E-state index in [1.165, 1.54) is 64.2 Å².